The Labute approximate surface area is 167 Å². The topological polar surface area (TPSA) is 326 Å². The van der Waals surface area contributed by atoms with Gasteiger partial charge in [-0.25, -0.2) is 0 Å². The zero-order chi connectivity index (χ0) is 13.5. The zero-order valence-corrected chi connectivity index (χ0v) is 15.6. The molecule has 0 aromatic carbocycles. The molecule has 0 aliphatic rings. The van der Waals surface area contributed by atoms with Gasteiger partial charge in [-0.05, 0) is 0 Å². The maximum atomic E-state index is 8.52. The van der Waals surface area contributed by atoms with Crippen LogP contribution in [-0.4, -0.2) is 52.6 Å². The molecular formula is Fe4O15S3. The van der Waals surface area contributed by atoms with E-state index in [1.807, 2.05) is 0 Å². The smallest absolute Gasteiger partial charge is 2.00 e. The molecule has 22 heavy (non-hydrogen) atoms. The molecule has 4 radical (unpaired) electrons. The van der Waals surface area contributed by atoms with Crippen LogP contribution < -0.4 is 0 Å². The Morgan fingerprint density at radius 1 is 0.364 bits per heavy atom. The van der Waals surface area contributed by atoms with Crippen LogP contribution in [0.25, 0.3) is 0 Å². The van der Waals surface area contributed by atoms with Gasteiger partial charge in [-0.3, -0.25) is 25.3 Å². The summed E-state index contributed by atoms with van der Waals surface area (Å²) in [7, 11) is -15.5. The summed E-state index contributed by atoms with van der Waals surface area (Å²) in [5.74, 6) is 0. The van der Waals surface area contributed by atoms with Crippen LogP contribution >= 0.6 is 0 Å². The Morgan fingerprint density at radius 3 is 0.364 bits per heavy atom. The molecule has 0 amide bonds. The fourth-order valence-corrected chi connectivity index (χ4v) is 0. The van der Waals surface area contributed by atoms with Crippen molar-refractivity contribution in [3.05, 3.63) is 0 Å². The van der Waals surface area contributed by atoms with Gasteiger partial charge in [0.1, 0.15) is 0 Å². The van der Waals surface area contributed by atoms with Gasteiger partial charge in [-0.15, -0.1) is 0 Å². The van der Waals surface area contributed by atoms with E-state index in [2.05, 4.69) is 0 Å². The summed E-state index contributed by atoms with van der Waals surface area (Å²) in [5.41, 5.74) is 0. The predicted molar refractivity (Wildman–Crippen MR) is 33.5 cm³/mol. The molecule has 140 valence electrons. The Balaban J connectivity index is -0.0000000106. The van der Waals surface area contributed by atoms with Gasteiger partial charge in [-0.2, -0.15) is 0 Å². The Bertz CT molecular complexity index is 348. The van der Waals surface area contributed by atoms with E-state index >= 15 is 0 Å². The van der Waals surface area contributed by atoms with E-state index in [9.17, 15) is 0 Å². The molecule has 0 spiro atoms. The van der Waals surface area contributed by atoms with E-state index in [0.717, 1.165) is 0 Å². The van der Waals surface area contributed by atoms with Crippen molar-refractivity contribution in [2.45, 2.75) is 0 Å². The first-order valence-electron chi connectivity index (χ1n) is 2.00. The van der Waals surface area contributed by atoms with E-state index in [0.29, 0.717) is 0 Å². The predicted octanol–water partition coefficient (Wildman–Crippen LogP) is -4.38. The molecule has 15 nitrogen and oxygen atoms in total. The molecule has 0 saturated heterocycles. The second-order valence-electron chi connectivity index (χ2n) is 1.22. The SMILES string of the molecule is O=S(=O)([O-])[O-].O=S(=O)([O-])[O-].O=S(=O)([O-])[O-].[Fe+3].[Fe+3].[Fe+3].[Fe+3].[O-2].[O-2].[O-2]. The molecule has 0 aromatic heterocycles. The van der Waals surface area contributed by atoms with Crippen molar-refractivity contribution >= 4 is 31.2 Å². The third kappa shape index (κ3) is 3710. The summed E-state index contributed by atoms with van der Waals surface area (Å²) in [5, 5.41) is 0. The van der Waals surface area contributed by atoms with Crippen LogP contribution in [0, 0.1) is 0 Å². The standard InChI is InChI=1S/4Fe.3H2O4S.3O/c;;;;3*1-5(2,3)4;;;/h;;;;3*(H2,1,2,3,4);;;/q4*+3;;;;3*-2/p-6. The third-order valence-electron chi connectivity index (χ3n) is 0. The monoisotopic (exact) mass is 560 g/mol. The summed E-state index contributed by atoms with van der Waals surface area (Å²) in [6.07, 6.45) is 0. The quantitative estimate of drug-likeness (QED) is 0.154. The first-order valence-corrected chi connectivity index (χ1v) is 6.00. The Morgan fingerprint density at radius 2 is 0.364 bits per heavy atom. The van der Waals surface area contributed by atoms with Crippen LogP contribution in [-0.2, 0) is 116 Å². The molecule has 0 aromatic rings. The van der Waals surface area contributed by atoms with Gasteiger partial charge in [0.2, 0.25) is 0 Å². The molecule has 0 N–H and O–H groups in total. The molecule has 0 aliphatic heterocycles. The minimum atomic E-state index is -5.17. The van der Waals surface area contributed by atoms with Crippen LogP contribution in [0.4, 0.5) is 0 Å². The van der Waals surface area contributed by atoms with Gasteiger partial charge in [0.05, 0.1) is 0 Å². The zero-order valence-electron chi connectivity index (χ0n) is 8.76. The Kier molecular flexibility index (Phi) is 81.3. The molecule has 0 atom stereocenters. The summed E-state index contributed by atoms with van der Waals surface area (Å²) in [4.78, 5) is 0. The van der Waals surface area contributed by atoms with Crippen molar-refractivity contribution in [3.63, 3.8) is 0 Å². The maximum Gasteiger partial charge on any atom is 3.00 e. The molecular weight excluding hydrogens is 560 g/mol. The van der Waals surface area contributed by atoms with E-state index < -0.39 is 31.2 Å². The van der Waals surface area contributed by atoms with Crippen LogP contribution in [0.15, 0.2) is 0 Å². The number of rotatable bonds is 0. The van der Waals surface area contributed by atoms with E-state index in [1.54, 1.807) is 0 Å². The van der Waals surface area contributed by atoms with Crippen molar-refractivity contribution in [3.8, 4) is 0 Å². The van der Waals surface area contributed by atoms with Gasteiger partial charge < -0.3 is 43.7 Å². The average molecular weight is 560 g/mol. The second-order valence-corrected chi connectivity index (χ2v) is 3.67. The molecule has 0 fully saturated rings. The second kappa shape index (κ2) is 27.4. The normalized spacial score (nSPS) is 7.91. The van der Waals surface area contributed by atoms with Gasteiger partial charge in [-0.1, -0.05) is 0 Å². The molecule has 0 heterocycles. The van der Waals surface area contributed by atoms with Gasteiger partial charge in [0.15, 0.2) is 0 Å². The molecule has 0 saturated carbocycles. The number of hydrogen-bond acceptors (Lipinski definition) is 12. The van der Waals surface area contributed by atoms with Crippen molar-refractivity contribution in [2.75, 3.05) is 0 Å². The summed E-state index contributed by atoms with van der Waals surface area (Å²) in [6.45, 7) is 0. The van der Waals surface area contributed by atoms with Crippen LogP contribution in [0.1, 0.15) is 0 Å². The molecule has 0 aliphatic carbocycles. The van der Waals surface area contributed by atoms with Gasteiger partial charge in [0.25, 0.3) is 0 Å². The van der Waals surface area contributed by atoms with E-state index in [-0.39, 0.29) is 84.7 Å². The molecule has 0 rings (SSSR count). The summed E-state index contributed by atoms with van der Waals surface area (Å²) >= 11 is 0. The average Bonchev–Trinajstić information content (AvgIpc) is 1.41. The van der Waals surface area contributed by atoms with Crippen molar-refractivity contribution in [2.24, 2.45) is 0 Å². The molecule has 0 unspecified atom stereocenters. The third-order valence-corrected chi connectivity index (χ3v) is 0. The fraction of sp³-hybridized carbons (Fsp3) is 0. The fourth-order valence-electron chi connectivity index (χ4n) is 0. The summed E-state index contributed by atoms with van der Waals surface area (Å²) in [6, 6.07) is 0. The largest absolute Gasteiger partial charge is 3.00 e. The van der Waals surface area contributed by atoms with Crippen molar-refractivity contribution in [1.82, 2.24) is 0 Å². The number of hydrogen-bond donors (Lipinski definition) is 0. The first kappa shape index (κ1) is 65.2. The van der Waals surface area contributed by atoms with Crippen LogP contribution in [0.3, 0.4) is 0 Å². The van der Waals surface area contributed by atoms with E-state index in [1.165, 1.54) is 0 Å². The van der Waals surface area contributed by atoms with E-state index in [4.69, 9.17) is 52.6 Å². The molecule has 22 heteroatoms. The van der Waals surface area contributed by atoms with Crippen LogP contribution in [0.2, 0.25) is 0 Å². The van der Waals surface area contributed by atoms with Gasteiger partial charge >= 0.3 is 68.3 Å². The first-order chi connectivity index (χ1) is 6.00. The Hall–Kier alpha value is 1.57. The van der Waals surface area contributed by atoms with Gasteiger partial charge in [0, 0.05) is 31.2 Å². The van der Waals surface area contributed by atoms with Crippen molar-refractivity contribution in [1.29, 1.82) is 0 Å². The minimum Gasteiger partial charge on any atom is -2.00 e. The summed E-state index contributed by atoms with van der Waals surface area (Å²) < 4.78 is 102. The van der Waals surface area contributed by atoms with Crippen molar-refractivity contribution < 1.29 is 137 Å². The maximum absolute atomic E-state index is 8.52. The van der Waals surface area contributed by atoms with Crippen LogP contribution in [0.5, 0.6) is 0 Å². The molecule has 0 bridgehead atoms. The minimum absolute atomic E-state index is 0.